The van der Waals surface area contributed by atoms with Crippen molar-refractivity contribution >= 4 is 5.71 Å². The van der Waals surface area contributed by atoms with Crippen molar-refractivity contribution in [1.29, 1.82) is 0 Å². The van der Waals surface area contributed by atoms with Crippen molar-refractivity contribution < 1.29 is 0 Å². The van der Waals surface area contributed by atoms with Crippen molar-refractivity contribution in [2.24, 2.45) is 4.99 Å². The fourth-order valence-corrected chi connectivity index (χ4v) is 1.14. The van der Waals surface area contributed by atoms with Gasteiger partial charge in [0.2, 0.25) is 0 Å². The average molecular weight is 170 g/mol. The Kier molecular flexibility index (Phi) is 7.06. The monoisotopic (exact) mass is 170 g/mol. The predicted octanol–water partition coefficient (Wildman–Crippen LogP) is 2.20. The molecule has 0 saturated carbocycles. The summed E-state index contributed by atoms with van der Waals surface area (Å²) >= 11 is 0. The Bertz CT molecular complexity index is 122. The highest BCUT2D eigenvalue weighted by atomic mass is 15.1. The van der Waals surface area contributed by atoms with Gasteiger partial charge in [-0.2, -0.15) is 0 Å². The molecule has 0 amide bonds. The van der Waals surface area contributed by atoms with Gasteiger partial charge in [0.15, 0.2) is 0 Å². The Morgan fingerprint density at radius 2 is 1.75 bits per heavy atom. The molecule has 0 unspecified atom stereocenters. The van der Waals surface area contributed by atoms with Crippen LogP contribution in [-0.2, 0) is 0 Å². The third kappa shape index (κ3) is 6.35. The van der Waals surface area contributed by atoms with Crippen LogP contribution in [0, 0.1) is 0 Å². The van der Waals surface area contributed by atoms with E-state index < -0.39 is 0 Å². The summed E-state index contributed by atoms with van der Waals surface area (Å²) in [5, 5.41) is 0. The van der Waals surface area contributed by atoms with Gasteiger partial charge in [-0.05, 0) is 39.9 Å². The first-order chi connectivity index (χ1) is 5.70. The van der Waals surface area contributed by atoms with Crippen LogP contribution in [0.3, 0.4) is 0 Å². The Morgan fingerprint density at radius 3 is 2.17 bits per heavy atom. The quantitative estimate of drug-likeness (QED) is 0.441. The summed E-state index contributed by atoms with van der Waals surface area (Å²) in [5.74, 6) is 0. The van der Waals surface area contributed by atoms with Crippen LogP contribution in [0.4, 0.5) is 0 Å². The topological polar surface area (TPSA) is 15.6 Å². The number of hydrogen-bond donors (Lipinski definition) is 0. The molecular weight excluding hydrogens is 148 g/mol. The first-order valence-electron chi connectivity index (χ1n) is 4.90. The van der Waals surface area contributed by atoms with Crippen LogP contribution in [0.25, 0.3) is 0 Å². The Labute approximate surface area is 76.7 Å². The minimum absolute atomic E-state index is 0.985. The molecule has 0 aromatic carbocycles. The van der Waals surface area contributed by atoms with Gasteiger partial charge < -0.3 is 4.90 Å². The van der Waals surface area contributed by atoms with E-state index in [1.54, 1.807) is 0 Å². The number of hydrogen-bond acceptors (Lipinski definition) is 2. The molecule has 72 valence electrons. The Balaban J connectivity index is 3.35. The van der Waals surface area contributed by atoms with E-state index in [0.29, 0.717) is 0 Å². The van der Waals surface area contributed by atoms with Gasteiger partial charge in [-0.25, -0.2) is 0 Å². The molecule has 0 atom stereocenters. The summed E-state index contributed by atoms with van der Waals surface area (Å²) < 4.78 is 0. The zero-order chi connectivity index (χ0) is 9.40. The minimum Gasteiger partial charge on any atom is -0.304 e. The van der Waals surface area contributed by atoms with Gasteiger partial charge in [-0.1, -0.05) is 13.8 Å². The molecule has 0 radical (unpaired) electrons. The summed E-state index contributed by atoms with van der Waals surface area (Å²) in [6.07, 6.45) is 1.19. The van der Waals surface area contributed by atoms with Crippen LogP contribution >= 0.6 is 0 Å². The van der Waals surface area contributed by atoms with Crippen LogP contribution in [-0.4, -0.2) is 36.8 Å². The van der Waals surface area contributed by atoms with E-state index in [2.05, 4.69) is 37.6 Å². The molecule has 12 heavy (non-hydrogen) atoms. The maximum atomic E-state index is 4.36. The highest BCUT2D eigenvalue weighted by molar-refractivity contribution is 5.78. The van der Waals surface area contributed by atoms with E-state index in [4.69, 9.17) is 0 Å². The van der Waals surface area contributed by atoms with E-state index in [9.17, 15) is 0 Å². The van der Waals surface area contributed by atoms with Gasteiger partial charge in [0.05, 0.1) is 0 Å². The van der Waals surface area contributed by atoms with Gasteiger partial charge in [-0.15, -0.1) is 0 Å². The number of nitrogens with zero attached hydrogens (tertiary/aromatic N) is 2. The molecule has 0 N–H and O–H groups in total. The van der Waals surface area contributed by atoms with Gasteiger partial charge >= 0.3 is 0 Å². The Hall–Kier alpha value is -0.370. The maximum absolute atomic E-state index is 4.36. The Morgan fingerprint density at radius 1 is 1.17 bits per heavy atom. The summed E-state index contributed by atoms with van der Waals surface area (Å²) in [6.45, 7) is 13.0. The molecule has 2 heteroatoms. The van der Waals surface area contributed by atoms with Gasteiger partial charge in [-0.3, -0.25) is 4.99 Å². The van der Waals surface area contributed by atoms with Gasteiger partial charge in [0, 0.05) is 12.3 Å². The zero-order valence-electron chi connectivity index (χ0n) is 8.93. The highest BCUT2D eigenvalue weighted by Crippen LogP contribution is 1.91. The molecule has 0 bridgehead atoms. The van der Waals surface area contributed by atoms with Crippen molar-refractivity contribution in [3.63, 3.8) is 0 Å². The lowest BCUT2D eigenvalue weighted by Crippen LogP contribution is -2.24. The largest absolute Gasteiger partial charge is 0.304 e. The normalized spacial score (nSPS) is 10.4. The first kappa shape index (κ1) is 11.6. The van der Waals surface area contributed by atoms with Crippen LogP contribution in [0.1, 0.15) is 34.1 Å². The summed E-state index contributed by atoms with van der Waals surface area (Å²) in [4.78, 5) is 6.79. The minimum atomic E-state index is 0.985. The second-order valence-corrected chi connectivity index (χ2v) is 3.21. The fourth-order valence-electron chi connectivity index (χ4n) is 1.14. The maximum Gasteiger partial charge on any atom is 0.0400 e. The van der Waals surface area contributed by atoms with Crippen LogP contribution in [0.15, 0.2) is 4.99 Å². The molecule has 0 heterocycles. The van der Waals surface area contributed by atoms with E-state index in [1.165, 1.54) is 18.7 Å². The molecule has 0 aliphatic carbocycles. The third-order valence-corrected chi connectivity index (χ3v) is 1.95. The molecule has 0 aliphatic heterocycles. The highest BCUT2D eigenvalue weighted by Gasteiger charge is 1.96. The lowest BCUT2D eigenvalue weighted by molar-refractivity contribution is 0.302. The average Bonchev–Trinajstić information content (AvgIpc) is 2.04. The number of aliphatic imine (C=N–C) groups is 1. The van der Waals surface area contributed by atoms with Crippen LogP contribution < -0.4 is 0 Å². The third-order valence-electron chi connectivity index (χ3n) is 1.95. The van der Waals surface area contributed by atoms with Crippen molar-refractivity contribution in [2.45, 2.75) is 34.1 Å². The van der Waals surface area contributed by atoms with Crippen molar-refractivity contribution in [1.82, 2.24) is 4.90 Å². The van der Waals surface area contributed by atoms with E-state index in [-0.39, 0.29) is 0 Å². The summed E-state index contributed by atoms with van der Waals surface area (Å²) in [7, 11) is 0. The van der Waals surface area contributed by atoms with E-state index in [1.807, 2.05) is 0 Å². The second kappa shape index (κ2) is 7.29. The number of rotatable bonds is 6. The zero-order valence-corrected chi connectivity index (χ0v) is 8.93. The molecule has 0 aromatic rings. The second-order valence-electron chi connectivity index (χ2n) is 3.21. The molecule has 0 saturated heterocycles. The standard InChI is InChI=1S/C10H22N2/c1-5-12(6-2)9-7-8-11-10(3)4/h5-9H2,1-4H3. The van der Waals surface area contributed by atoms with Crippen molar-refractivity contribution in [3.05, 3.63) is 0 Å². The smallest absolute Gasteiger partial charge is 0.0400 e. The van der Waals surface area contributed by atoms with Crippen LogP contribution in [0.5, 0.6) is 0 Å². The molecule has 0 spiro atoms. The van der Waals surface area contributed by atoms with Gasteiger partial charge in [0.1, 0.15) is 0 Å². The van der Waals surface area contributed by atoms with Crippen molar-refractivity contribution in [3.8, 4) is 0 Å². The molecule has 0 aliphatic rings. The molecule has 2 nitrogen and oxygen atoms in total. The predicted molar refractivity (Wildman–Crippen MR) is 56.1 cm³/mol. The summed E-state index contributed by atoms with van der Waals surface area (Å²) in [6, 6.07) is 0. The lowest BCUT2D eigenvalue weighted by Gasteiger charge is -2.16. The molecule has 0 fully saturated rings. The molecular formula is C10H22N2. The van der Waals surface area contributed by atoms with E-state index >= 15 is 0 Å². The lowest BCUT2D eigenvalue weighted by atomic mass is 10.3. The van der Waals surface area contributed by atoms with E-state index in [0.717, 1.165) is 19.6 Å². The first-order valence-corrected chi connectivity index (χ1v) is 4.90. The fraction of sp³-hybridized carbons (Fsp3) is 0.900. The van der Waals surface area contributed by atoms with Crippen LogP contribution in [0.2, 0.25) is 0 Å². The molecule has 0 aromatic heterocycles. The SMILES string of the molecule is CCN(CC)CCCN=C(C)C. The molecule has 0 rings (SSSR count). The summed E-state index contributed by atoms with van der Waals surface area (Å²) in [5.41, 5.74) is 1.19. The van der Waals surface area contributed by atoms with Gasteiger partial charge in [0.25, 0.3) is 0 Å². The van der Waals surface area contributed by atoms with Crippen molar-refractivity contribution in [2.75, 3.05) is 26.2 Å².